The summed E-state index contributed by atoms with van der Waals surface area (Å²) in [6.07, 6.45) is 1.08. The molecule has 150 valence electrons. The number of halogens is 2. The maximum atomic E-state index is 13.1. The van der Waals surface area contributed by atoms with Gasteiger partial charge in [0.1, 0.15) is 5.82 Å². The first-order valence-electron chi connectivity index (χ1n) is 8.88. The van der Waals surface area contributed by atoms with Crippen molar-refractivity contribution < 1.29 is 9.13 Å². The number of hydrogen-bond donors (Lipinski definition) is 2. The fourth-order valence-electron chi connectivity index (χ4n) is 2.36. The summed E-state index contributed by atoms with van der Waals surface area (Å²) in [5.74, 6) is 1.18. The first-order chi connectivity index (χ1) is 11.9. The monoisotopic (exact) mass is 480 g/mol. The van der Waals surface area contributed by atoms with Gasteiger partial charge in [-0.1, -0.05) is 26.0 Å². The maximum Gasteiger partial charge on any atom is 0.191 e. The van der Waals surface area contributed by atoms with E-state index < -0.39 is 0 Å². The first kappa shape index (κ1) is 25.1. The van der Waals surface area contributed by atoms with Crippen molar-refractivity contribution >= 4 is 29.9 Å². The van der Waals surface area contributed by atoms with Crippen molar-refractivity contribution in [2.75, 3.05) is 47.4 Å². The van der Waals surface area contributed by atoms with Gasteiger partial charge in [0, 0.05) is 26.7 Å². The second-order valence-electron chi connectivity index (χ2n) is 6.71. The van der Waals surface area contributed by atoms with E-state index in [9.17, 15) is 4.39 Å². The molecule has 0 fully saturated rings. The van der Waals surface area contributed by atoms with E-state index in [4.69, 9.17) is 4.74 Å². The Bertz CT molecular complexity index is 509. The van der Waals surface area contributed by atoms with Crippen LogP contribution in [0.2, 0.25) is 0 Å². The highest BCUT2D eigenvalue weighted by Gasteiger charge is 2.14. The molecule has 7 heteroatoms. The van der Waals surface area contributed by atoms with Gasteiger partial charge in [0.25, 0.3) is 0 Å². The van der Waals surface area contributed by atoms with Crippen LogP contribution in [0.5, 0.6) is 0 Å². The quantitative estimate of drug-likeness (QED) is 0.234. The smallest absolute Gasteiger partial charge is 0.191 e. The van der Waals surface area contributed by atoms with Crippen LogP contribution in [0.25, 0.3) is 0 Å². The van der Waals surface area contributed by atoms with Crippen LogP contribution in [0.1, 0.15) is 31.9 Å². The number of guanidine groups is 1. The van der Waals surface area contributed by atoms with E-state index in [1.54, 1.807) is 7.05 Å². The van der Waals surface area contributed by atoms with Gasteiger partial charge in [0.05, 0.1) is 12.6 Å². The molecule has 1 aromatic rings. The topological polar surface area (TPSA) is 48.9 Å². The molecule has 0 spiro atoms. The zero-order valence-electron chi connectivity index (χ0n) is 16.6. The SMILES string of the molecule is CN=C(NCCOCCC(C)C)NCC(c1ccc(F)cc1)N(C)C.I. The molecular formula is C19H34FIN4O. The average Bonchev–Trinajstić information content (AvgIpc) is 2.57. The van der Waals surface area contributed by atoms with Crippen molar-refractivity contribution in [2.24, 2.45) is 10.9 Å². The summed E-state index contributed by atoms with van der Waals surface area (Å²) < 4.78 is 18.7. The van der Waals surface area contributed by atoms with Crippen LogP contribution >= 0.6 is 24.0 Å². The number of nitrogens with zero attached hydrogens (tertiary/aromatic N) is 2. The van der Waals surface area contributed by atoms with Gasteiger partial charge in [-0.15, -0.1) is 24.0 Å². The van der Waals surface area contributed by atoms with Gasteiger partial charge in [-0.25, -0.2) is 4.39 Å². The standard InChI is InChI=1S/C19H33FN4O.HI/c1-15(2)10-12-25-13-11-22-19(21-3)23-14-18(24(4)5)16-6-8-17(20)9-7-16;/h6-9,15,18H,10-14H2,1-5H3,(H2,21,22,23);1H. The summed E-state index contributed by atoms with van der Waals surface area (Å²) >= 11 is 0. The Morgan fingerprint density at radius 2 is 1.81 bits per heavy atom. The van der Waals surface area contributed by atoms with Gasteiger partial charge in [-0.05, 0) is 44.1 Å². The predicted molar refractivity (Wildman–Crippen MR) is 118 cm³/mol. The Kier molecular flexibility index (Phi) is 13.7. The van der Waals surface area contributed by atoms with Gasteiger partial charge in [-0.2, -0.15) is 0 Å². The van der Waals surface area contributed by atoms with E-state index in [0.29, 0.717) is 25.6 Å². The van der Waals surface area contributed by atoms with E-state index >= 15 is 0 Å². The molecule has 0 saturated heterocycles. The zero-order valence-corrected chi connectivity index (χ0v) is 18.9. The lowest BCUT2D eigenvalue weighted by atomic mass is 10.1. The van der Waals surface area contributed by atoms with Crippen LogP contribution in [-0.4, -0.2) is 58.3 Å². The molecule has 0 saturated carbocycles. The van der Waals surface area contributed by atoms with Gasteiger partial charge >= 0.3 is 0 Å². The molecule has 0 aliphatic rings. The molecule has 0 radical (unpaired) electrons. The van der Waals surface area contributed by atoms with Crippen molar-refractivity contribution in [3.05, 3.63) is 35.6 Å². The minimum atomic E-state index is -0.218. The zero-order chi connectivity index (χ0) is 18.7. The number of aliphatic imine (C=N–C) groups is 1. The maximum absolute atomic E-state index is 13.1. The molecule has 5 nitrogen and oxygen atoms in total. The molecule has 0 bridgehead atoms. The second-order valence-corrected chi connectivity index (χ2v) is 6.71. The van der Waals surface area contributed by atoms with Crippen molar-refractivity contribution in [3.63, 3.8) is 0 Å². The highest BCUT2D eigenvalue weighted by atomic mass is 127. The van der Waals surface area contributed by atoms with Gasteiger partial charge in [0.15, 0.2) is 5.96 Å². The van der Waals surface area contributed by atoms with Crippen LogP contribution in [0.15, 0.2) is 29.3 Å². The Balaban J connectivity index is 0.00000625. The van der Waals surface area contributed by atoms with Crippen molar-refractivity contribution in [2.45, 2.75) is 26.3 Å². The molecule has 0 aromatic heterocycles. The number of nitrogens with one attached hydrogen (secondary N) is 2. The molecular weight excluding hydrogens is 446 g/mol. The van der Waals surface area contributed by atoms with E-state index in [0.717, 1.165) is 24.6 Å². The van der Waals surface area contributed by atoms with Crippen LogP contribution in [0.4, 0.5) is 4.39 Å². The summed E-state index contributed by atoms with van der Waals surface area (Å²) in [5, 5.41) is 6.57. The minimum Gasteiger partial charge on any atom is -0.380 e. The fourth-order valence-corrected chi connectivity index (χ4v) is 2.36. The lowest BCUT2D eigenvalue weighted by Gasteiger charge is -2.26. The molecule has 2 N–H and O–H groups in total. The van der Waals surface area contributed by atoms with Gasteiger partial charge < -0.3 is 20.3 Å². The van der Waals surface area contributed by atoms with Crippen LogP contribution in [0.3, 0.4) is 0 Å². The third-order valence-electron chi connectivity index (χ3n) is 3.94. The van der Waals surface area contributed by atoms with Crippen molar-refractivity contribution in [1.82, 2.24) is 15.5 Å². The Morgan fingerprint density at radius 3 is 2.35 bits per heavy atom. The summed E-state index contributed by atoms with van der Waals surface area (Å²) in [5.41, 5.74) is 1.06. The van der Waals surface area contributed by atoms with Crippen LogP contribution in [0, 0.1) is 11.7 Å². The minimum absolute atomic E-state index is 0. The molecule has 1 atom stereocenters. The number of benzene rings is 1. The molecule has 1 aromatic carbocycles. The van der Waals surface area contributed by atoms with Crippen LogP contribution in [-0.2, 0) is 4.74 Å². The first-order valence-corrected chi connectivity index (χ1v) is 8.88. The van der Waals surface area contributed by atoms with Gasteiger partial charge in [0.2, 0.25) is 0 Å². The Labute approximate surface area is 174 Å². The molecule has 0 aliphatic carbocycles. The summed E-state index contributed by atoms with van der Waals surface area (Å²) in [7, 11) is 5.76. The summed E-state index contributed by atoms with van der Waals surface area (Å²) in [6.45, 7) is 7.21. The van der Waals surface area contributed by atoms with E-state index in [1.807, 2.05) is 26.2 Å². The molecule has 26 heavy (non-hydrogen) atoms. The number of likely N-dealkylation sites (N-methyl/N-ethyl adjacent to an activating group) is 1. The lowest BCUT2D eigenvalue weighted by Crippen LogP contribution is -2.42. The fraction of sp³-hybridized carbons (Fsp3) is 0.632. The predicted octanol–water partition coefficient (Wildman–Crippen LogP) is 3.27. The number of hydrogen-bond acceptors (Lipinski definition) is 3. The summed E-state index contributed by atoms with van der Waals surface area (Å²) in [6, 6.07) is 6.75. The van der Waals surface area contributed by atoms with E-state index in [1.165, 1.54) is 12.1 Å². The molecule has 0 aliphatic heterocycles. The highest BCUT2D eigenvalue weighted by molar-refractivity contribution is 14.0. The summed E-state index contributed by atoms with van der Waals surface area (Å²) in [4.78, 5) is 6.33. The molecule has 0 amide bonds. The van der Waals surface area contributed by atoms with Gasteiger partial charge in [-0.3, -0.25) is 4.99 Å². The Hall–Kier alpha value is -0.930. The third-order valence-corrected chi connectivity index (χ3v) is 3.94. The second kappa shape index (κ2) is 14.2. The Morgan fingerprint density at radius 1 is 1.15 bits per heavy atom. The van der Waals surface area contributed by atoms with Crippen molar-refractivity contribution in [1.29, 1.82) is 0 Å². The van der Waals surface area contributed by atoms with E-state index in [-0.39, 0.29) is 35.8 Å². The largest absolute Gasteiger partial charge is 0.380 e. The van der Waals surface area contributed by atoms with Crippen molar-refractivity contribution in [3.8, 4) is 0 Å². The lowest BCUT2D eigenvalue weighted by molar-refractivity contribution is 0.128. The average molecular weight is 480 g/mol. The number of ether oxygens (including phenoxy) is 1. The third kappa shape index (κ3) is 10.3. The molecule has 1 unspecified atom stereocenters. The molecule has 0 heterocycles. The number of rotatable bonds is 10. The molecule has 1 rings (SSSR count). The highest BCUT2D eigenvalue weighted by Crippen LogP contribution is 2.17. The van der Waals surface area contributed by atoms with E-state index in [2.05, 4.69) is 34.4 Å². The van der Waals surface area contributed by atoms with Crippen LogP contribution < -0.4 is 10.6 Å². The normalized spacial score (nSPS) is 12.8.